The average molecular weight is 242 g/mol. The summed E-state index contributed by atoms with van der Waals surface area (Å²) in [5.41, 5.74) is 4.34. The van der Waals surface area contributed by atoms with E-state index in [2.05, 4.69) is 5.32 Å². The van der Waals surface area contributed by atoms with Crippen LogP contribution in [0.2, 0.25) is 0 Å². The topological polar surface area (TPSA) is 38.3 Å². The number of benzene rings is 1. The number of aryl methyl sites for hydroxylation is 1. The average Bonchev–Trinajstić information content (AvgIpc) is 2.22. The zero-order chi connectivity index (χ0) is 12.3. The second kappa shape index (κ2) is 5.21. The molecule has 3 nitrogen and oxygen atoms in total. The van der Waals surface area contributed by atoms with E-state index in [9.17, 15) is 4.79 Å². The summed E-state index contributed by atoms with van der Waals surface area (Å²) in [7, 11) is 1.66. The highest BCUT2D eigenvalue weighted by Crippen LogP contribution is 2.28. The molecule has 1 amide bonds. The van der Waals surface area contributed by atoms with E-state index in [-0.39, 0.29) is 0 Å². The van der Waals surface area contributed by atoms with E-state index in [1.165, 1.54) is 0 Å². The maximum Gasteiger partial charge on any atom is 0.314 e. The number of halogens is 1. The van der Waals surface area contributed by atoms with Crippen LogP contribution in [0.1, 0.15) is 22.3 Å². The van der Waals surface area contributed by atoms with Crippen LogP contribution in [-0.4, -0.2) is 12.5 Å². The molecule has 0 radical (unpaired) electrons. The SMILES string of the molecule is COc1c(C)cc(CNC(=O)Cl)c(C)c1C. The second-order valence-electron chi connectivity index (χ2n) is 3.76. The predicted molar refractivity (Wildman–Crippen MR) is 65.3 cm³/mol. The van der Waals surface area contributed by atoms with Crippen molar-refractivity contribution in [3.05, 3.63) is 28.3 Å². The van der Waals surface area contributed by atoms with E-state index >= 15 is 0 Å². The van der Waals surface area contributed by atoms with Gasteiger partial charge in [0.25, 0.3) is 0 Å². The molecule has 1 aromatic rings. The van der Waals surface area contributed by atoms with E-state index in [1.807, 2.05) is 26.8 Å². The Morgan fingerprint density at radius 1 is 1.38 bits per heavy atom. The number of amides is 1. The first-order valence-corrected chi connectivity index (χ1v) is 5.42. The first-order valence-electron chi connectivity index (χ1n) is 5.04. The van der Waals surface area contributed by atoms with Crippen molar-refractivity contribution in [1.29, 1.82) is 0 Å². The highest BCUT2D eigenvalue weighted by Gasteiger charge is 2.10. The van der Waals surface area contributed by atoms with Crippen molar-refractivity contribution >= 4 is 17.0 Å². The Kier molecular flexibility index (Phi) is 4.19. The molecule has 0 spiro atoms. The van der Waals surface area contributed by atoms with Crippen LogP contribution in [-0.2, 0) is 6.54 Å². The zero-order valence-electron chi connectivity index (χ0n) is 9.98. The minimum absolute atomic E-state index is 0.444. The molecule has 0 saturated carbocycles. The van der Waals surface area contributed by atoms with Crippen LogP contribution in [0, 0.1) is 20.8 Å². The molecule has 0 saturated heterocycles. The van der Waals surface area contributed by atoms with Crippen molar-refractivity contribution in [1.82, 2.24) is 5.32 Å². The van der Waals surface area contributed by atoms with Gasteiger partial charge in [0.1, 0.15) is 5.75 Å². The molecule has 0 aromatic heterocycles. The Morgan fingerprint density at radius 2 is 2.00 bits per heavy atom. The monoisotopic (exact) mass is 241 g/mol. The van der Waals surface area contributed by atoms with Gasteiger partial charge in [0.05, 0.1) is 7.11 Å². The Bertz CT molecular complexity index is 416. The van der Waals surface area contributed by atoms with Gasteiger partial charge in [0.15, 0.2) is 0 Å². The molecule has 0 heterocycles. The van der Waals surface area contributed by atoms with Crippen LogP contribution in [0.4, 0.5) is 4.79 Å². The van der Waals surface area contributed by atoms with E-state index < -0.39 is 5.37 Å². The Labute approximate surface area is 101 Å². The van der Waals surface area contributed by atoms with Crippen LogP contribution in [0.15, 0.2) is 6.07 Å². The summed E-state index contributed by atoms with van der Waals surface area (Å²) >= 11 is 5.24. The molecule has 0 unspecified atom stereocenters. The van der Waals surface area contributed by atoms with E-state index in [4.69, 9.17) is 16.3 Å². The van der Waals surface area contributed by atoms with Gasteiger partial charge < -0.3 is 10.1 Å². The summed E-state index contributed by atoms with van der Waals surface area (Å²) < 4.78 is 5.32. The first-order chi connectivity index (χ1) is 7.47. The van der Waals surface area contributed by atoms with Crippen LogP contribution in [0.3, 0.4) is 0 Å². The molecule has 16 heavy (non-hydrogen) atoms. The number of ether oxygens (including phenoxy) is 1. The molecular formula is C12H16ClNO2. The molecule has 4 heteroatoms. The molecule has 0 aliphatic heterocycles. The highest BCUT2D eigenvalue weighted by atomic mass is 35.5. The summed E-state index contributed by atoms with van der Waals surface area (Å²) in [4.78, 5) is 10.7. The fourth-order valence-electron chi connectivity index (χ4n) is 1.80. The predicted octanol–water partition coefficient (Wildman–Crippen LogP) is 3.07. The number of rotatable bonds is 3. The van der Waals surface area contributed by atoms with Crippen LogP contribution in [0.5, 0.6) is 5.75 Å². The second-order valence-corrected chi connectivity index (χ2v) is 4.11. The van der Waals surface area contributed by atoms with Crippen molar-refractivity contribution in [3.63, 3.8) is 0 Å². The Morgan fingerprint density at radius 3 is 2.50 bits per heavy atom. The largest absolute Gasteiger partial charge is 0.496 e. The summed E-state index contributed by atoms with van der Waals surface area (Å²) in [5.74, 6) is 0.901. The fourth-order valence-corrected chi connectivity index (χ4v) is 1.87. The summed E-state index contributed by atoms with van der Waals surface area (Å²) in [6.45, 7) is 6.44. The smallest absolute Gasteiger partial charge is 0.314 e. The number of carbonyl (C=O) groups is 1. The van der Waals surface area contributed by atoms with Crippen molar-refractivity contribution in [3.8, 4) is 5.75 Å². The molecule has 0 aliphatic carbocycles. The molecule has 0 fully saturated rings. The maximum atomic E-state index is 10.7. The van der Waals surface area contributed by atoms with Gasteiger partial charge in [0, 0.05) is 6.54 Å². The van der Waals surface area contributed by atoms with Gasteiger partial charge >= 0.3 is 5.37 Å². The van der Waals surface area contributed by atoms with Crippen LogP contribution >= 0.6 is 11.6 Å². The lowest BCUT2D eigenvalue weighted by atomic mass is 9.98. The van der Waals surface area contributed by atoms with Crippen molar-refractivity contribution in [2.75, 3.05) is 7.11 Å². The quantitative estimate of drug-likeness (QED) is 0.653. The number of hydrogen-bond acceptors (Lipinski definition) is 2. The third-order valence-electron chi connectivity index (χ3n) is 2.76. The minimum atomic E-state index is -0.537. The number of hydrogen-bond donors (Lipinski definition) is 1. The number of carbonyl (C=O) groups excluding carboxylic acids is 1. The summed E-state index contributed by atoms with van der Waals surface area (Å²) in [5, 5.41) is 2.04. The Balaban J connectivity index is 3.08. The highest BCUT2D eigenvalue weighted by molar-refractivity contribution is 6.62. The molecular weight excluding hydrogens is 226 g/mol. The molecule has 0 bridgehead atoms. The summed E-state index contributed by atoms with van der Waals surface area (Å²) in [6.07, 6.45) is 0. The van der Waals surface area contributed by atoms with Gasteiger partial charge in [-0.25, -0.2) is 0 Å². The zero-order valence-corrected chi connectivity index (χ0v) is 10.7. The molecule has 0 atom stereocenters. The van der Waals surface area contributed by atoms with Crippen molar-refractivity contribution < 1.29 is 9.53 Å². The Hall–Kier alpha value is -1.22. The van der Waals surface area contributed by atoms with Gasteiger partial charge in [0.2, 0.25) is 0 Å². The lowest BCUT2D eigenvalue weighted by Gasteiger charge is -2.15. The normalized spacial score (nSPS) is 10.1. The molecule has 1 rings (SSSR count). The molecule has 1 aromatic carbocycles. The van der Waals surface area contributed by atoms with Crippen molar-refractivity contribution in [2.45, 2.75) is 27.3 Å². The van der Waals surface area contributed by atoms with Crippen molar-refractivity contribution in [2.24, 2.45) is 0 Å². The third-order valence-corrected chi connectivity index (χ3v) is 2.89. The van der Waals surface area contributed by atoms with Gasteiger partial charge in [-0.1, -0.05) is 6.07 Å². The third kappa shape index (κ3) is 2.67. The fraction of sp³-hybridized carbons (Fsp3) is 0.417. The van der Waals surface area contributed by atoms with Gasteiger partial charge in [-0.3, -0.25) is 4.79 Å². The maximum absolute atomic E-state index is 10.7. The molecule has 1 N–H and O–H groups in total. The van der Waals surface area contributed by atoms with Crippen LogP contribution < -0.4 is 10.1 Å². The van der Waals surface area contributed by atoms with E-state index in [0.717, 1.165) is 28.0 Å². The first kappa shape index (κ1) is 12.8. The molecule has 0 aliphatic rings. The van der Waals surface area contributed by atoms with E-state index in [1.54, 1.807) is 7.11 Å². The van der Waals surface area contributed by atoms with E-state index in [0.29, 0.717) is 6.54 Å². The van der Waals surface area contributed by atoms with Crippen LogP contribution in [0.25, 0.3) is 0 Å². The van der Waals surface area contributed by atoms with Gasteiger partial charge in [-0.2, -0.15) is 0 Å². The number of methoxy groups -OCH3 is 1. The molecule has 88 valence electrons. The van der Waals surface area contributed by atoms with Gasteiger partial charge in [-0.15, -0.1) is 0 Å². The summed E-state index contributed by atoms with van der Waals surface area (Å²) in [6, 6.07) is 2.01. The lowest BCUT2D eigenvalue weighted by Crippen LogP contribution is -2.16. The lowest BCUT2D eigenvalue weighted by molar-refractivity contribution is 0.259. The minimum Gasteiger partial charge on any atom is -0.496 e. The van der Waals surface area contributed by atoms with Gasteiger partial charge in [-0.05, 0) is 54.6 Å². The number of nitrogens with one attached hydrogen (secondary N) is 1. The standard InChI is InChI=1S/C12H16ClNO2/c1-7-5-10(6-14-12(13)15)8(2)9(3)11(7)16-4/h5H,6H2,1-4H3,(H,14,15).